The third kappa shape index (κ3) is 4.70. The Morgan fingerprint density at radius 3 is 2.68 bits per heavy atom. The average Bonchev–Trinajstić information content (AvgIpc) is 3.48. The van der Waals surface area contributed by atoms with Gasteiger partial charge in [-0.2, -0.15) is 0 Å². The van der Waals surface area contributed by atoms with Crippen LogP contribution in [0.5, 0.6) is 0 Å². The minimum Gasteiger partial charge on any atom is -0.450 e. The predicted octanol–water partition coefficient (Wildman–Crippen LogP) is 6.87. The molecule has 0 spiro atoms. The molecule has 3 heterocycles. The van der Waals surface area contributed by atoms with Crippen molar-refractivity contribution in [2.24, 2.45) is 0 Å². The number of aromatic nitrogens is 1. The number of thiophene rings is 1. The number of rotatable bonds is 5. The molecule has 2 aromatic heterocycles. The summed E-state index contributed by atoms with van der Waals surface area (Å²) < 4.78 is 6.34. The zero-order valence-electron chi connectivity index (χ0n) is 20.3. The van der Waals surface area contributed by atoms with Crippen LogP contribution in [0.15, 0.2) is 66.7 Å². The van der Waals surface area contributed by atoms with Gasteiger partial charge in [0.05, 0.1) is 29.8 Å². The highest BCUT2D eigenvalue weighted by Gasteiger charge is 2.30. The van der Waals surface area contributed by atoms with Gasteiger partial charge in [0.25, 0.3) is 0 Å². The zero-order chi connectivity index (χ0) is 25.4. The number of anilines is 1. The molecule has 1 aliphatic heterocycles. The number of fused-ring (bicyclic) bond motifs is 3. The van der Waals surface area contributed by atoms with Gasteiger partial charge < -0.3 is 15.0 Å². The molecule has 3 aromatic carbocycles. The molecule has 0 unspecified atom stereocenters. The largest absolute Gasteiger partial charge is 0.450 e. The maximum Gasteiger partial charge on any atom is 0.410 e. The number of carbonyl (C=O) groups is 2. The average molecular weight is 528 g/mol. The summed E-state index contributed by atoms with van der Waals surface area (Å²) in [4.78, 5) is 33.3. The topological polar surface area (TPSA) is 71.5 Å². The number of carbonyl (C=O) groups excluding carboxylic acids is 2. The summed E-state index contributed by atoms with van der Waals surface area (Å²) in [6, 6.07) is 22.3. The molecule has 1 N–H and O–H groups in total. The molecule has 37 heavy (non-hydrogen) atoms. The molecule has 6 rings (SSSR count). The van der Waals surface area contributed by atoms with Crippen molar-refractivity contribution >= 4 is 60.7 Å². The number of benzene rings is 3. The molecule has 0 aliphatic carbocycles. The molecule has 0 fully saturated rings. The fourth-order valence-corrected chi connectivity index (χ4v) is 7.16. The van der Waals surface area contributed by atoms with E-state index in [0.717, 1.165) is 52.6 Å². The van der Waals surface area contributed by atoms with Crippen LogP contribution in [-0.2, 0) is 28.9 Å². The highest BCUT2D eigenvalue weighted by atomic mass is 32.1. The van der Waals surface area contributed by atoms with Crippen LogP contribution in [0.3, 0.4) is 0 Å². The molecular weight excluding hydrogens is 502 g/mol. The standard InChI is InChI=1S/C29H25N3O3S2/c1-2-35-29(34)32-14-13-21-24(17-32)37-28(26(21)27-30-22-9-5-6-10-23(22)36-27)31-25(33)16-18-11-12-19-7-3-4-8-20(19)15-18/h3-12,15H,2,13-14,16-17H2,1H3,(H,31,33). The van der Waals surface area contributed by atoms with E-state index in [1.54, 1.807) is 16.2 Å². The fourth-order valence-electron chi connectivity index (χ4n) is 4.77. The number of hydrogen-bond donors (Lipinski definition) is 1. The smallest absolute Gasteiger partial charge is 0.410 e. The second-order valence-electron chi connectivity index (χ2n) is 8.97. The van der Waals surface area contributed by atoms with Crippen LogP contribution >= 0.6 is 22.7 Å². The van der Waals surface area contributed by atoms with E-state index in [1.165, 1.54) is 11.3 Å². The van der Waals surface area contributed by atoms with Crippen LogP contribution < -0.4 is 5.32 Å². The first-order valence-electron chi connectivity index (χ1n) is 12.3. The summed E-state index contributed by atoms with van der Waals surface area (Å²) in [5.41, 5.74) is 4.05. The molecule has 6 nitrogen and oxygen atoms in total. The van der Waals surface area contributed by atoms with Gasteiger partial charge in [0.1, 0.15) is 10.0 Å². The van der Waals surface area contributed by atoms with E-state index in [4.69, 9.17) is 9.72 Å². The van der Waals surface area contributed by atoms with E-state index >= 15 is 0 Å². The van der Waals surface area contributed by atoms with Gasteiger partial charge >= 0.3 is 6.09 Å². The molecule has 2 amide bonds. The van der Waals surface area contributed by atoms with Crippen molar-refractivity contribution in [1.29, 1.82) is 0 Å². The summed E-state index contributed by atoms with van der Waals surface area (Å²) in [6.07, 6.45) is 0.669. The number of nitrogens with zero attached hydrogens (tertiary/aromatic N) is 2. The second kappa shape index (κ2) is 9.95. The van der Waals surface area contributed by atoms with E-state index in [2.05, 4.69) is 35.6 Å². The van der Waals surface area contributed by atoms with Crippen molar-refractivity contribution in [2.45, 2.75) is 26.3 Å². The van der Waals surface area contributed by atoms with Crippen molar-refractivity contribution < 1.29 is 14.3 Å². The first kappa shape index (κ1) is 23.6. The Bertz CT molecular complexity index is 1610. The van der Waals surface area contributed by atoms with Crippen molar-refractivity contribution in [3.8, 4) is 10.6 Å². The number of amides is 2. The first-order valence-corrected chi connectivity index (χ1v) is 13.9. The minimum atomic E-state index is -0.301. The molecule has 1 aliphatic rings. The number of nitrogens with one attached hydrogen (secondary N) is 1. The van der Waals surface area contributed by atoms with Gasteiger partial charge in [0.15, 0.2) is 0 Å². The summed E-state index contributed by atoms with van der Waals surface area (Å²) in [7, 11) is 0. The van der Waals surface area contributed by atoms with Crippen LogP contribution in [0.2, 0.25) is 0 Å². The van der Waals surface area contributed by atoms with Crippen molar-refractivity contribution in [3.63, 3.8) is 0 Å². The zero-order valence-corrected chi connectivity index (χ0v) is 22.0. The van der Waals surface area contributed by atoms with Gasteiger partial charge in [0, 0.05) is 17.0 Å². The predicted molar refractivity (Wildman–Crippen MR) is 150 cm³/mol. The Balaban J connectivity index is 1.33. The van der Waals surface area contributed by atoms with Crippen molar-refractivity contribution in [3.05, 3.63) is 82.7 Å². The van der Waals surface area contributed by atoms with Gasteiger partial charge in [-0.15, -0.1) is 22.7 Å². The Labute approximate surface area is 222 Å². The van der Waals surface area contributed by atoms with Gasteiger partial charge in [-0.05, 0) is 47.4 Å². The van der Waals surface area contributed by atoms with E-state index in [9.17, 15) is 9.59 Å². The lowest BCUT2D eigenvalue weighted by molar-refractivity contribution is -0.115. The van der Waals surface area contributed by atoms with Crippen LogP contribution in [-0.4, -0.2) is 35.0 Å². The molecule has 0 bridgehead atoms. The number of hydrogen-bond acceptors (Lipinski definition) is 6. The molecule has 0 saturated heterocycles. The van der Waals surface area contributed by atoms with Gasteiger partial charge in [0.2, 0.25) is 5.91 Å². The Hall–Kier alpha value is -3.75. The van der Waals surface area contributed by atoms with E-state index in [0.29, 0.717) is 26.1 Å². The van der Waals surface area contributed by atoms with E-state index in [-0.39, 0.29) is 18.4 Å². The van der Waals surface area contributed by atoms with Gasteiger partial charge in [-0.3, -0.25) is 4.79 Å². The quantitative estimate of drug-likeness (QED) is 0.271. The lowest BCUT2D eigenvalue weighted by atomic mass is 10.0. The number of para-hydroxylation sites is 1. The van der Waals surface area contributed by atoms with Crippen LogP contribution in [0.1, 0.15) is 22.9 Å². The molecule has 8 heteroatoms. The molecule has 0 atom stereocenters. The van der Waals surface area contributed by atoms with Gasteiger partial charge in [-0.25, -0.2) is 9.78 Å². The first-order chi connectivity index (χ1) is 18.1. The summed E-state index contributed by atoms with van der Waals surface area (Å²) in [5.74, 6) is -0.0708. The van der Waals surface area contributed by atoms with Gasteiger partial charge in [-0.1, -0.05) is 54.6 Å². The van der Waals surface area contributed by atoms with Crippen LogP contribution in [0.4, 0.5) is 9.80 Å². The monoisotopic (exact) mass is 527 g/mol. The van der Waals surface area contributed by atoms with Crippen molar-refractivity contribution in [2.75, 3.05) is 18.5 Å². The molecule has 0 saturated carbocycles. The molecule has 186 valence electrons. The molecular formula is C29H25N3O3S2. The minimum absolute atomic E-state index is 0.0708. The third-order valence-corrected chi connectivity index (χ3v) is 8.71. The normalized spacial score (nSPS) is 13.1. The highest BCUT2D eigenvalue weighted by Crippen LogP contribution is 2.45. The maximum absolute atomic E-state index is 13.2. The summed E-state index contributed by atoms with van der Waals surface area (Å²) in [6.45, 7) is 3.20. The van der Waals surface area contributed by atoms with E-state index < -0.39 is 0 Å². The lowest BCUT2D eigenvalue weighted by Gasteiger charge is -2.26. The maximum atomic E-state index is 13.2. The third-order valence-electron chi connectivity index (χ3n) is 6.52. The van der Waals surface area contributed by atoms with Crippen LogP contribution in [0, 0.1) is 0 Å². The SMILES string of the molecule is CCOC(=O)N1CCc2c(sc(NC(=O)Cc3ccc4ccccc4c3)c2-c2nc3ccccc3s2)C1. The second-order valence-corrected chi connectivity index (χ2v) is 11.1. The molecule has 5 aromatic rings. The molecule has 0 radical (unpaired) electrons. The van der Waals surface area contributed by atoms with Crippen LogP contribution in [0.25, 0.3) is 31.6 Å². The van der Waals surface area contributed by atoms with E-state index in [1.807, 2.05) is 43.3 Å². The summed E-state index contributed by atoms with van der Waals surface area (Å²) >= 11 is 3.16. The Morgan fingerprint density at radius 1 is 1.03 bits per heavy atom. The number of ether oxygens (including phenoxy) is 1. The summed E-state index contributed by atoms with van der Waals surface area (Å²) in [5, 5.41) is 7.15. The van der Waals surface area contributed by atoms with Crippen molar-refractivity contribution in [1.82, 2.24) is 9.88 Å². The Morgan fingerprint density at radius 2 is 1.84 bits per heavy atom. The lowest BCUT2D eigenvalue weighted by Crippen LogP contribution is -2.35. The number of thiazole rings is 1. The Kier molecular flexibility index (Phi) is 6.36. The highest BCUT2D eigenvalue weighted by molar-refractivity contribution is 7.22. The fraction of sp³-hybridized carbons (Fsp3) is 0.207.